The molecule has 6 nitrogen and oxygen atoms in total. The minimum atomic E-state index is -0.546. The van der Waals surface area contributed by atoms with Gasteiger partial charge in [-0.25, -0.2) is 4.79 Å². The van der Waals surface area contributed by atoms with E-state index in [1.54, 1.807) is 42.5 Å². The van der Waals surface area contributed by atoms with Crippen molar-refractivity contribution in [3.8, 4) is 11.8 Å². The summed E-state index contributed by atoms with van der Waals surface area (Å²) < 4.78 is 10.0. The zero-order valence-electron chi connectivity index (χ0n) is 14.8. The summed E-state index contributed by atoms with van der Waals surface area (Å²) in [5, 5.41) is 11.9. The molecule has 0 aromatic heterocycles. The summed E-state index contributed by atoms with van der Waals surface area (Å²) in [7, 11) is 1.29. The number of ether oxygens (including phenoxy) is 2. The van der Waals surface area contributed by atoms with Crippen LogP contribution >= 0.6 is 0 Å². The molecule has 0 unspecified atom stereocenters. The first kappa shape index (κ1) is 19.5. The number of carbonyl (C=O) groups excluding carboxylic acids is 2. The minimum Gasteiger partial charge on any atom is -0.490 e. The SMILES string of the molecule is C=CCOc1ccc(/C=C(\C#N)C(=O)Nc2ccc(C(=O)OC)cc2)cc1. The van der Waals surface area contributed by atoms with Gasteiger partial charge in [-0.15, -0.1) is 0 Å². The lowest BCUT2D eigenvalue weighted by Gasteiger charge is -2.06. The van der Waals surface area contributed by atoms with Crippen molar-refractivity contribution in [2.45, 2.75) is 0 Å². The second-order valence-electron chi connectivity index (χ2n) is 5.36. The lowest BCUT2D eigenvalue weighted by molar-refractivity contribution is -0.112. The number of anilines is 1. The molecule has 6 heteroatoms. The molecule has 27 heavy (non-hydrogen) atoms. The maximum absolute atomic E-state index is 12.3. The highest BCUT2D eigenvalue weighted by molar-refractivity contribution is 6.09. The van der Waals surface area contributed by atoms with E-state index >= 15 is 0 Å². The zero-order chi connectivity index (χ0) is 19.6. The van der Waals surface area contributed by atoms with Crippen molar-refractivity contribution in [3.63, 3.8) is 0 Å². The Kier molecular flexibility index (Phi) is 6.91. The molecule has 2 aromatic rings. The maximum Gasteiger partial charge on any atom is 0.337 e. The molecule has 2 rings (SSSR count). The molecule has 0 aliphatic heterocycles. The summed E-state index contributed by atoms with van der Waals surface area (Å²) in [4.78, 5) is 23.7. The van der Waals surface area contributed by atoms with E-state index in [9.17, 15) is 14.9 Å². The third kappa shape index (κ3) is 5.58. The number of benzene rings is 2. The number of rotatable bonds is 7. The third-order valence-electron chi connectivity index (χ3n) is 3.49. The molecular weight excluding hydrogens is 344 g/mol. The van der Waals surface area contributed by atoms with Gasteiger partial charge in [0.15, 0.2) is 0 Å². The van der Waals surface area contributed by atoms with Gasteiger partial charge in [0.1, 0.15) is 24.0 Å². The molecule has 2 aromatic carbocycles. The zero-order valence-corrected chi connectivity index (χ0v) is 14.8. The minimum absolute atomic E-state index is 0.0493. The summed E-state index contributed by atoms with van der Waals surface area (Å²) in [6, 6.07) is 15.0. The molecule has 0 aliphatic rings. The van der Waals surface area contributed by atoms with Crippen molar-refractivity contribution < 1.29 is 19.1 Å². The van der Waals surface area contributed by atoms with Crippen molar-refractivity contribution in [2.24, 2.45) is 0 Å². The predicted octanol–water partition coefficient (Wildman–Crippen LogP) is 3.58. The number of methoxy groups -OCH3 is 1. The summed E-state index contributed by atoms with van der Waals surface area (Å²) in [5.41, 5.74) is 1.47. The first-order chi connectivity index (χ1) is 13.1. The quantitative estimate of drug-likeness (QED) is 0.352. The van der Waals surface area contributed by atoms with Crippen LogP contribution in [0.2, 0.25) is 0 Å². The highest BCUT2D eigenvalue weighted by atomic mass is 16.5. The Morgan fingerprint density at radius 3 is 2.37 bits per heavy atom. The number of hydrogen-bond acceptors (Lipinski definition) is 5. The normalized spacial score (nSPS) is 10.4. The second-order valence-corrected chi connectivity index (χ2v) is 5.36. The molecule has 0 aliphatic carbocycles. The van der Waals surface area contributed by atoms with Crippen molar-refractivity contribution >= 4 is 23.6 Å². The Bertz CT molecular complexity index is 891. The molecule has 0 saturated carbocycles. The maximum atomic E-state index is 12.3. The number of nitrogens with one attached hydrogen (secondary N) is 1. The highest BCUT2D eigenvalue weighted by Gasteiger charge is 2.11. The molecule has 0 atom stereocenters. The van der Waals surface area contributed by atoms with Crippen LogP contribution in [0.1, 0.15) is 15.9 Å². The van der Waals surface area contributed by atoms with Crippen molar-refractivity contribution in [3.05, 3.63) is 77.9 Å². The van der Waals surface area contributed by atoms with Gasteiger partial charge in [0.2, 0.25) is 0 Å². The number of esters is 1. The average molecular weight is 362 g/mol. The molecule has 0 fully saturated rings. The van der Waals surface area contributed by atoms with Crippen LogP contribution < -0.4 is 10.1 Å². The van der Waals surface area contributed by atoms with Crippen LogP contribution in [0, 0.1) is 11.3 Å². The van der Waals surface area contributed by atoms with E-state index in [0.29, 0.717) is 29.2 Å². The largest absolute Gasteiger partial charge is 0.490 e. The molecule has 0 bridgehead atoms. The van der Waals surface area contributed by atoms with Crippen LogP contribution in [0.3, 0.4) is 0 Å². The second kappa shape index (κ2) is 9.59. The first-order valence-electron chi connectivity index (χ1n) is 8.02. The summed E-state index contributed by atoms with van der Waals surface area (Å²) in [5.74, 6) is -0.345. The molecular formula is C21H18N2O4. The summed E-state index contributed by atoms with van der Waals surface area (Å²) in [6.45, 7) is 3.98. The number of amides is 1. The fourth-order valence-electron chi connectivity index (χ4n) is 2.14. The van der Waals surface area contributed by atoms with Gasteiger partial charge in [-0.2, -0.15) is 5.26 Å². The molecule has 0 heterocycles. The number of hydrogen-bond donors (Lipinski definition) is 1. The fraction of sp³-hybridized carbons (Fsp3) is 0.0952. The van der Waals surface area contributed by atoms with E-state index in [1.165, 1.54) is 25.3 Å². The van der Waals surface area contributed by atoms with Crippen LogP contribution in [0.15, 0.2) is 66.8 Å². The van der Waals surface area contributed by atoms with Gasteiger partial charge < -0.3 is 14.8 Å². The Morgan fingerprint density at radius 2 is 1.81 bits per heavy atom. The Balaban J connectivity index is 2.08. The lowest BCUT2D eigenvalue weighted by atomic mass is 10.1. The van der Waals surface area contributed by atoms with Crippen molar-refractivity contribution in [2.75, 3.05) is 19.0 Å². The van der Waals surface area contributed by atoms with E-state index in [2.05, 4.69) is 16.6 Å². The van der Waals surface area contributed by atoms with E-state index < -0.39 is 11.9 Å². The topological polar surface area (TPSA) is 88.4 Å². The van der Waals surface area contributed by atoms with Crippen LogP contribution in [-0.2, 0) is 9.53 Å². The van der Waals surface area contributed by atoms with E-state index in [1.807, 2.05) is 6.07 Å². The van der Waals surface area contributed by atoms with Crippen molar-refractivity contribution in [1.29, 1.82) is 5.26 Å². The van der Waals surface area contributed by atoms with Gasteiger partial charge in [0.25, 0.3) is 5.91 Å². The fourth-order valence-corrected chi connectivity index (χ4v) is 2.14. The van der Waals surface area contributed by atoms with Crippen LogP contribution in [-0.4, -0.2) is 25.6 Å². The summed E-state index contributed by atoms with van der Waals surface area (Å²) in [6.07, 6.45) is 3.12. The lowest BCUT2D eigenvalue weighted by Crippen LogP contribution is -2.13. The smallest absolute Gasteiger partial charge is 0.337 e. The van der Waals surface area contributed by atoms with Gasteiger partial charge in [-0.1, -0.05) is 24.8 Å². The number of carbonyl (C=O) groups is 2. The van der Waals surface area contributed by atoms with Crippen LogP contribution in [0.25, 0.3) is 6.08 Å². The van der Waals surface area contributed by atoms with E-state index in [4.69, 9.17) is 4.74 Å². The van der Waals surface area contributed by atoms with Crippen LogP contribution in [0.4, 0.5) is 5.69 Å². The van der Waals surface area contributed by atoms with Gasteiger partial charge in [0, 0.05) is 5.69 Å². The van der Waals surface area contributed by atoms with Crippen LogP contribution in [0.5, 0.6) is 5.75 Å². The molecule has 1 N–H and O–H groups in total. The van der Waals surface area contributed by atoms with Gasteiger partial charge in [-0.05, 0) is 48.0 Å². The summed E-state index contributed by atoms with van der Waals surface area (Å²) >= 11 is 0. The highest BCUT2D eigenvalue weighted by Crippen LogP contribution is 2.16. The van der Waals surface area contributed by atoms with E-state index in [-0.39, 0.29) is 5.57 Å². The Hall–Kier alpha value is -3.85. The Labute approximate surface area is 157 Å². The molecule has 0 spiro atoms. The molecule has 0 radical (unpaired) electrons. The third-order valence-corrected chi connectivity index (χ3v) is 3.49. The Morgan fingerprint density at radius 1 is 1.15 bits per heavy atom. The molecule has 1 amide bonds. The van der Waals surface area contributed by atoms with Crippen molar-refractivity contribution in [1.82, 2.24) is 0 Å². The number of nitriles is 1. The monoisotopic (exact) mass is 362 g/mol. The van der Waals surface area contributed by atoms with Gasteiger partial charge in [-0.3, -0.25) is 4.79 Å². The molecule has 136 valence electrons. The standard InChI is InChI=1S/C21H18N2O4/c1-3-12-27-19-10-4-15(5-11-19)13-17(14-22)20(24)23-18-8-6-16(7-9-18)21(25)26-2/h3-11,13H,1,12H2,2H3,(H,23,24)/b17-13+. The number of nitrogens with zero attached hydrogens (tertiary/aromatic N) is 1. The van der Waals surface area contributed by atoms with Gasteiger partial charge >= 0.3 is 5.97 Å². The van der Waals surface area contributed by atoms with Gasteiger partial charge in [0.05, 0.1) is 12.7 Å². The predicted molar refractivity (Wildman–Crippen MR) is 102 cm³/mol. The average Bonchev–Trinajstić information content (AvgIpc) is 2.71. The first-order valence-corrected chi connectivity index (χ1v) is 8.02. The molecule has 0 saturated heterocycles. The van der Waals surface area contributed by atoms with E-state index in [0.717, 1.165) is 0 Å².